The molecular formula is C15H18BrNO. The molecule has 0 amide bonds. The van der Waals surface area contributed by atoms with Crippen LogP contribution >= 0.6 is 15.9 Å². The highest BCUT2D eigenvalue weighted by atomic mass is 79.9. The van der Waals surface area contributed by atoms with Crippen molar-refractivity contribution < 1.29 is 4.42 Å². The molecule has 0 radical (unpaired) electrons. The molecule has 1 aliphatic rings. The zero-order valence-corrected chi connectivity index (χ0v) is 12.4. The van der Waals surface area contributed by atoms with Crippen LogP contribution in [-0.4, -0.2) is 13.1 Å². The van der Waals surface area contributed by atoms with Crippen molar-refractivity contribution in [1.29, 1.82) is 0 Å². The van der Waals surface area contributed by atoms with Gasteiger partial charge in [0.05, 0.1) is 4.47 Å². The van der Waals surface area contributed by atoms with Crippen LogP contribution in [0.5, 0.6) is 0 Å². The lowest BCUT2D eigenvalue weighted by Gasteiger charge is -2.23. The number of piperidine rings is 1. The van der Waals surface area contributed by atoms with Gasteiger partial charge >= 0.3 is 0 Å². The predicted molar refractivity (Wildman–Crippen MR) is 78.2 cm³/mol. The number of benzene rings is 1. The Morgan fingerprint density at radius 1 is 1.22 bits per heavy atom. The zero-order chi connectivity index (χ0) is 12.7. The molecule has 0 spiro atoms. The third-order valence-corrected chi connectivity index (χ3v) is 4.65. The molecule has 0 saturated carbocycles. The van der Waals surface area contributed by atoms with Gasteiger partial charge in [-0.2, -0.15) is 0 Å². The summed E-state index contributed by atoms with van der Waals surface area (Å²) >= 11 is 3.65. The molecule has 96 valence electrons. The van der Waals surface area contributed by atoms with E-state index in [4.69, 9.17) is 4.42 Å². The third-order valence-electron chi connectivity index (χ3n) is 4.06. The quantitative estimate of drug-likeness (QED) is 0.850. The predicted octanol–water partition coefficient (Wildman–Crippen LogP) is 4.28. The highest BCUT2D eigenvalue weighted by molar-refractivity contribution is 9.10. The second-order valence-electron chi connectivity index (χ2n) is 5.19. The largest absolute Gasteiger partial charge is 0.460 e. The smallest absolute Gasteiger partial charge is 0.148 e. The Morgan fingerprint density at radius 3 is 2.67 bits per heavy atom. The molecule has 0 bridgehead atoms. The minimum Gasteiger partial charge on any atom is -0.460 e. The number of nitrogens with one attached hydrogen (secondary N) is 1. The van der Waals surface area contributed by atoms with Crippen molar-refractivity contribution in [3.05, 3.63) is 33.5 Å². The summed E-state index contributed by atoms with van der Waals surface area (Å²) in [5, 5.41) is 4.68. The van der Waals surface area contributed by atoms with E-state index in [1.807, 2.05) is 6.92 Å². The highest BCUT2D eigenvalue weighted by Crippen LogP contribution is 2.36. The van der Waals surface area contributed by atoms with Crippen LogP contribution in [0.3, 0.4) is 0 Å². The molecule has 0 atom stereocenters. The minimum absolute atomic E-state index is 0.682. The van der Waals surface area contributed by atoms with Gasteiger partial charge in [-0.05, 0) is 84.9 Å². The molecule has 2 heterocycles. The van der Waals surface area contributed by atoms with E-state index in [0.29, 0.717) is 5.92 Å². The fraction of sp³-hybridized carbons (Fsp3) is 0.467. The molecule has 1 aromatic carbocycles. The molecular weight excluding hydrogens is 290 g/mol. The van der Waals surface area contributed by atoms with Gasteiger partial charge in [0.1, 0.15) is 11.3 Å². The van der Waals surface area contributed by atoms with Crippen LogP contribution < -0.4 is 5.32 Å². The Bertz CT molecular complexity index is 582. The first kappa shape index (κ1) is 12.2. The average Bonchev–Trinajstić information content (AvgIpc) is 2.68. The van der Waals surface area contributed by atoms with Gasteiger partial charge in [0, 0.05) is 5.39 Å². The van der Waals surface area contributed by atoms with E-state index in [2.05, 4.69) is 40.3 Å². The standard InChI is InChI=1S/C15H18BrNO/c1-9-10(2)18-15-13(9)7-12(8-14(15)16)11-3-5-17-6-4-11/h7-8,11,17H,3-6H2,1-2H3. The molecule has 0 unspecified atom stereocenters. The van der Waals surface area contributed by atoms with Gasteiger partial charge in [0.15, 0.2) is 0 Å². The van der Waals surface area contributed by atoms with Crippen molar-refractivity contribution in [3.63, 3.8) is 0 Å². The first-order valence-corrected chi connectivity index (χ1v) is 7.36. The van der Waals surface area contributed by atoms with Crippen LogP contribution in [0.25, 0.3) is 11.0 Å². The summed E-state index contributed by atoms with van der Waals surface area (Å²) in [6.07, 6.45) is 2.46. The number of hydrogen-bond donors (Lipinski definition) is 1. The Hall–Kier alpha value is -0.800. The Morgan fingerprint density at radius 2 is 1.94 bits per heavy atom. The van der Waals surface area contributed by atoms with Gasteiger partial charge in [-0.3, -0.25) is 0 Å². The molecule has 3 heteroatoms. The normalized spacial score (nSPS) is 17.5. The number of rotatable bonds is 1. The van der Waals surface area contributed by atoms with Crippen molar-refractivity contribution >= 4 is 26.9 Å². The third kappa shape index (κ3) is 1.99. The summed E-state index contributed by atoms with van der Waals surface area (Å²) < 4.78 is 6.90. The minimum atomic E-state index is 0.682. The monoisotopic (exact) mass is 307 g/mol. The SMILES string of the molecule is Cc1oc2c(Br)cc(C3CCNCC3)cc2c1C. The van der Waals surface area contributed by atoms with Crippen LogP contribution in [0.1, 0.15) is 35.6 Å². The molecule has 0 aliphatic carbocycles. The van der Waals surface area contributed by atoms with Crippen LogP contribution in [0, 0.1) is 13.8 Å². The maximum atomic E-state index is 5.81. The molecule has 18 heavy (non-hydrogen) atoms. The van der Waals surface area contributed by atoms with Crippen LogP contribution in [0.4, 0.5) is 0 Å². The second-order valence-corrected chi connectivity index (χ2v) is 6.04. The summed E-state index contributed by atoms with van der Waals surface area (Å²) in [4.78, 5) is 0. The van der Waals surface area contributed by atoms with E-state index in [1.54, 1.807) is 0 Å². The summed E-state index contributed by atoms with van der Waals surface area (Å²) in [5.41, 5.74) is 3.70. The van der Waals surface area contributed by atoms with Gasteiger partial charge in [0.25, 0.3) is 0 Å². The van der Waals surface area contributed by atoms with E-state index in [9.17, 15) is 0 Å². The summed E-state index contributed by atoms with van der Waals surface area (Å²) in [7, 11) is 0. The van der Waals surface area contributed by atoms with E-state index < -0.39 is 0 Å². The molecule has 1 N–H and O–H groups in total. The van der Waals surface area contributed by atoms with Crippen LogP contribution in [0.15, 0.2) is 21.0 Å². The van der Waals surface area contributed by atoms with Gasteiger partial charge in [0.2, 0.25) is 0 Å². The lowest BCUT2D eigenvalue weighted by molar-refractivity contribution is 0.460. The zero-order valence-electron chi connectivity index (χ0n) is 10.8. The maximum Gasteiger partial charge on any atom is 0.148 e. The van der Waals surface area contributed by atoms with E-state index in [0.717, 1.165) is 28.9 Å². The van der Waals surface area contributed by atoms with Crippen molar-refractivity contribution in [2.75, 3.05) is 13.1 Å². The van der Waals surface area contributed by atoms with Crippen molar-refractivity contribution in [3.8, 4) is 0 Å². The van der Waals surface area contributed by atoms with Crippen LogP contribution in [0.2, 0.25) is 0 Å². The number of halogens is 1. The highest BCUT2D eigenvalue weighted by Gasteiger charge is 2.18. The summed E-state index contributed by atoms with van der Waals surface area (Å²) in [6.45, 7) is 6.43. The number of fused-ring (bicyclic) bond motifs is 1. The molecule has 1 saturated heterocycles. The molecule has 1 fully saturated rings. The van der Waals surface area contributed by atoms with Gasteiger partial charge in [-0.15, -0.1) is 0 Å². The van der Waals surface area contributed by atoms with Gasteiger partial charge < -0.3 is 9.73 Å². The van der Waals surface area contributed by atoms with Gasteiger partial charge in [-0.25, -0.2) is 0 Å². The number of furan rings is 1. The molecule has 2 nitrogen and oxygen atoms in total. The summed E-state index contributed by atoms with van der Waals surface area (Å²) in [5.74, 6) is 1.70. The lowest BCUT2D eigenvalue weighted by Crippen LogP contribution is -2.26. The van der Waals surface area contributed by atoms with Gasteiger partial charge in [-0.1, -0.05) is 0 Å². The molecule has 3 rings (SSSR count). The number of hydrogen-bond acceptors (Lipinski definition) is 2. The van der Waals surface area contributed by atoms with Crippen molar-refractivity contribution in [2.24, 2.45) is 0 Å². The van der Waals surface area contributed by atoms with Crippen molar-refractivity contribution in [2.45, 2.75) is 32.6 Å². The Labute approximate surface area is 116 Å². The van der Waals surface area contributed by atoms with E-state index >= 15 is 0 Å². The Kier molecular flexibility index (Phi) is 3.20. The number of aryl methyl sites for hydroxylation is 2. The van der Waals surface area contributed by atoms with E-state index in [-0.39, 0.29) is 0 Å². The van der Waals surface area contributed by atoms with Crippen LogP contribution in [-0.2, 0) is 0 Å². The fourth-order valence-corrected chi connectivity index (χ4v) is 3.37. The van der Waals surface area contributed by atoms with Crippen molar-refractivity contribution in [1.82, 2.24) is 5.32 Å². The summed E-state index contributed by atoms with van der Waals surface area (Å²) in [6, 6.07) is 4.56. The first-order valence-electron chi connectivity index (χ1n) is 6.56. The maximum absolute atomic E-state index is 5.81. The second kappa shape index (κ2) is 4.71. The first-order chi connectivity index (χ1) is 8.66. The molecule has 1 aromatic heterocycles. The average molecular weight is 308 g/mol. The Balaban J connectivity index is 2.10. The fourth-order valence-electron chi connectivity index (χ4n) is 2.81. The molecule has 1 aliphatic heterocycles. The topological polar surface area (TPSA) is 25.2 Å². The van der Waals surface area contributed by atoms with E-state index in [1.165, 1.54) is 29.4 Å². The molecule has 2 aromatic rings. The lowest BCUT2D eigenvalue weighted by atomic mass is 9.89.